The van der Waals surface area contributed by atoms with E-state index in [9.17, 15) is 0 Å². The minimum atomic E-state index is 0.813. The van der Waals surface area contributed by atoms with Crippen molar-refractivity contribution in [3.63, 3.8) is 0 Å². The molecule has 0 atom stereocenters. The average Bonchev–Trinajstić information content (AvgIpc) is 2.62. The maximum absolute atomic E-state index is 5.57. The smallest absolute Gasteiger partial charge is 0.0487 e. The van der Waals surface area contributed by atoms with Gasteiger partial charge in [-0.3, -0.25) is 0 Å². The van der Waals surface area contributed by atoms with Gasteiger partial charge in [0.15, 0.2) is 0 Å². The van der Waals surface area contributed by atoms with Crippen LogP contribution in [0.1, 0.15) is 77.0 Å². The van der Waals surface area contributed by atoms with Crippen LogP contribution in [0.3, 0.4) is 0 Å². The Bertz CT molecular complexity index is 326. The molecule has 0 fully saturated rings. The predicted octanol–water partition coefficient (Wildman–Crippen LogP) is 6.52. The number of methoxy groups -OCH3 is 1. The minimum Gasteiger partial charge on any atom is -0.385 e. The van der Waals surface area contributed by atoms with E-state index in [2.05, 4.69) is 18.2 Å². The van der Waals surface area contributed by atoms with Crippen LogP contribution in [0, 0.1) is 0 Å². The van der Waals surface area contributed by atoms with Gasteiger partial charge in [0, 0.05) is 31.8 Å². The lowest BCUT2D eigenvalue weighted by Crippen LogP contribution is -2.00. The van der Waals surface area contributed by atoms with E-state index < -0.39 is 0 Å². The molecule has 0 saturated heterocycles. The highest BCUT2D eigenvalue weighted by Crippen LogP contribution is 2.23. The summed E-state index contributed by atoms with van der Waals surface area (Å²) in [6, 6.07) is 0. The summed E-state index contributed by atoms with van der Waals surface area (Å²) in [5.74, 6) is 1.29. The largest absolute Gasteiger partial charge is 0.385 e. The lowest BCUT2D eigenvalue weighted by molar-refractivity contribution is 0.100. The second-order valence-electron chi connectivity index (χ2n) is 6.58. The van der Waals surface area contributed by atoms with E-state index >= 15 is 0 Å². The van der Waals surface area contributed by atoms with Gasteiger partial charge in [-0.1, -0.05) is 63.2 Å². The molecule has 0 aromatic rings. The van der Waals surface area contributed by atoms with Crippen molar-refractivity contribution < 1.29 is 9.47 Å². The van der Waals surface area contributed by atoms with E-state index in [0.717, 1.165) is 26.2 Å². The Morgan fingerprint density at radius 2 is 1.46 bits per heavy atom. The van der Waals surface area contributed by atoms with Crippen molar-refractivity contribution in [2.24, 2.45) is 0 Å². The zero-order valence-electron chi connectivity index (χ0n) is 15.8. The summed E-state index contributed by atoms with van der Waals surface area (Å²) >= 11 is 2.04. The Kier molecular flexibility index (Phi) is 16.0. The molecule has 140 valence electrons. The van der Waals surface area contributed by atoms with Crippen LogP contribution in [0.5, 0.6) is 0 Å². The zero-order chi connectivity index (χ0) is 17.1. The molecule has 2 nitrogen and oxygen atoms in total. The van der Waals surface area contributed by atoms with Gasteiger partial charge < -0.3 is 9.47 Å². The fourth-order valence-electron chi connectivity index (χ4n) is 2.84. The molecule has 3 heteroatoms. The zero-order valence-corrected chi connectivity index (χ0v) is 16.6. The molecule has 0 N–H and O–H groups in total. The van der Waals surface area contributed by atoms with E-state index in [4.69, 9.17) is 9.47 Å². The van der Waals surface area contributed by atoms with Crippen molar-refractivity contribution in [3.05, 3.63) is 23.1 Å². The third-order valence-electron chi connectivity index (χ3n) is 4.30. The van der Waals surface area contributed by atoms with Gasteiger partial charge in [-0.25, -0.2) is 0 Å². The number of allylic oxidation sites excluding steroid dienone is 3. The van der Waals surface area contributed by atoms with Crippen LogP contribution in [0.2, 0.25) is 0 Å². The highest BCUT2D eigenvalue weighted by atomic mass is 32.2. The molecular weight excluding hydrogens is 316 g/mol. The number of hydrogen-bond donors (Lipinski definition) is 0. The van der Waals surface area contributed by atoms with Crippen molar-refractivity contribution >= 4 is 11.8 Å². The molecule has 0 saturated carbocycles. The lowest BCUT2D eigenvalue weighted by Gasteiger charge is -2.06. The molecule has 1 aliphatic rings. The third-order valence-corrected chi connectivity index (χ3v) is 5.43. The Morgan fingerprint density at radius 1 is 0.792 bits per heavy atom. The average molecular weight is 355 g/mol. The van der Waals surface area contributed by atoms with Crippen LogP contribution in [-0.4, -0.2) is 32.7 Å². The topological polar surface area (TPSA) is 18.5 Å². The van der Waals surface area contributed by atoms with Crippen molar-refractivity contribution in [3.8, 4) is 0 Å². The van der Waals surface area contributed by atoms with Crippen molar-refractivity contribution in [2.45, 2.75) is 77.0 Å². The van der Waals surface area contributed by atoms with Crippen LogP contribution >= 0.6 is 11.8 Å². The minimum absolute atomic E-state index is 0.813. The molecule has 24 heavy (non-hydrogen) atoms. The first kappa shape index (κ1) is 21.8. The number of thioether (sulfide) groups is 1. The maximum atomic E-state index is 5.57. The van der Waals surface area contributed by atoms with E-state index in [1.165, 1.54) is 81.3 Å². The second-order valence-corrected chi connectivity index (χ2v) is 7.74. The third kappa shape index (κ3) is 14.1. The Labute approximate surface area is 154 Å². The Morgan fingerprint density at radius 3 is 2.12 bits per heavy atom. The standard InChI is InChI=1S/C21H38O2S/c1-22-17-14-19-23-18-12-7-5-3-2-4-6-8-13-20-24-21-15-10-9-11-16-21/h10,15-16H,2-9,11-14,17-20H2,1H3. The summed E-state index contributed by atoms with van der Waals surface area (Å²) < 4.78 is 10.6. The molecule has 0 radical (unpaired) electrons. The van der Waals surface area contributed by atoms with Gasteiger partial charge in [0.1, 0.15) is 0 Å². The fourth-order valence-corrected chi connectivity index (χ4v) is 3.85. The number of ether oxygens (including phenoxy) is 2. The predicted molar refractivity (Wildman–Crippen MR) is 108 cm³/mol. The molecule has 1 aliphatic carbocycles. The Balaban J connectivity index is 1.69. The van der Waals surface area contributed by atoms with Crippen LogP contribution < -0.4 is 0 Å². The van der Waals surface area contributed by atoms with Gasteiger partial charge in [0.05, 0.1) is 0 Å². The van der Waals surface area contributed by atoms with Gasteiger partial charge >= 0.3 is 0 Å². The van der Waals surface area contributed by atoms with Gasteiger partial charge in [-0.15, -0.1) is 11.8 Å². The first-order valence-corrected chi connectivity index (χ1v) is 11.0. The number of hydrogen-bond acceptors (Lipinski definition) is 3. The lowest BCUT2D eigenvalue weighted by atomic mass is 10.1. The summed E-state index contributed by atoms with van der Waals surface area (Å²) in [6.07, 6.45) is 22.8. The van der Waals surface area contributed by atoms with Crippen molar-refractivity contribution in [1.29, 1.82) is 0 Å². The molecule has 0 aromatic heterocycles. The van der Waals surface area contributed by atoms with Crippen LogP contribution in [0.25, 0.3) is 0 Å². The van der Waals surface area contributed by atoms with Crippen molar-refractivity contribution in [2.75, 3.05) is 32.7 Å². The van der Waals surface area contributed by atoms with Gasteiger partial charge in [-0.2, -0.15) is 0 Å². The fraction of sp³-hybridized carbons (Fsp3) is 0.810. The molecule has 1 rings (SSSR count). The SMILES string of the molecule is COCCCOCCCCCCCCCCCSC1=CCCC=C1. The van der Waals surface area contributed by atoms with E-state index in [1.54, 1.807) is 7.11 Å². The van der Waals surface area contributed by atoms with E-state index in [1.807, 2.05) is 11.8 Å². The highest BCUT2D eigenvalue weighted by Gasteiger charge is 1.98. The molecule has 0 unspecified atom stereocenters. The molecule has 0 aliphatic heterocycles. The second kappa shape index (κ2) is 17.6. The van der Waals surface area contributed by atoms with Gasteiger partial charge in [0.2, 0.25) is 0 Å². The normalized spacial score (nSPS) is 14.1. The molecule has 0 heterocycles. The Hall–Kier alpha value is -0.250. The molecule has 0 spiro atoms. The monoisotopic (exact) mass is 354 g/mol. The van der Waals surface area contributed by atoms with Gasteiger partial charge in [0.25, 0.3) is 0 Å². The molecule has 0 bridgehead atoms. The molecular formula is C21H38O2S. The van der Waals surface area contributed by atoms with Crippen molar-refractivity contribution in [1.82, 2.24) is 0 Å². The van der Waals surface area contributed by atoms with E-state index in [-0.39, 0.29) is 0 Å². The summed E-state index contributed by atoms with van der Waals surface area (Å²) in [4.78, 5) is 1.49. The number of rotatable bonds is 17. The number of unbranched alkanes of at least 4 members (excludes halogenated alkanes) is 8. The summed E-state index contributed by atoms with van der Waals surface area (Å²) in [6.45, 7) is 2.58. The van der Waals surface area contributed by atoms with Gasteiger partial charge in [-0.05, 0) is 37.9 Å². The highest BCUT2D eigenvalue weighted by molar-refractivity contribution is 8.03. The van der Waals surface area contributed by atoms with Crippen LogP contribution in [-0.2, 0) is 9.47 Å². The summed E-state index contributed by atoms with van der Waals surface area (Å²) in [5, 5.41) is 0. The molecule has 0 amide bonds. The summed E-state index contributed by atoms with van der Waals surface area (Å²) in [5.41, 5.74) is 0. The summed E-state index contributed by atoms with van der Waals surface area (Å²) in [7, 11) is 1.74. The van der Waals surface area contributed by atoms with Crippen LogP contribution in [0.4, 0.5) is 0 Å². The first-order chi connectivity index (χ1) is 11.9. The van der Waals surface area contributed by atoms with E-state index in [0.29, 0.717) is 0 Å². The quantitative estimate of drug-likeness (QED) is 0.277. The molecule has 0 aromatic carbocycles. The maximum Gasteiger partial charge on any atom is 0.0487 e. The van der Waals surface area contributed by atoms with Crippen LogP contribution in [0.15, 0.2) is 23.1 Å². The first-order valence-electron chi connectivity index (χ1n) is 9.99.